The first-order valence-corrected chi connectivity index (χ1v) is 5.69. The minimum absolute atomic E-state index is 0.0116. The summed E-state index contributed by atoms with van der Waals surface area (Å²) in [6.07, 6.45) is 3.87. The summed E-state index contributed by atoms with van der Waals surface area (Å²) in [5.74, 6) is 1.30. The van der Waals surface area contributed by atoms with E-state index in [0.717, 1.165) is 12.8 Å². The first kappa shape index (κ1) is 11.6. The van der Waals surface area contributed by atoms with Gasteiger partial charge in [0.2, 0.25) is 11.9 Å². The van der Waals surface area contributed by atoms with E-state index < -0.39 is 0 Å². The zero-order valence-corrected chi connectivity index (χ0v) is 10.1. The van der Waals surface area contributed by atoms with Gasteiger partial charge in [0.1, 0.15) is 5.82 Å². The summed E-state index contributed by atoms with van der Waals surface area (Å²) in [6.45, 7) is 0.250. The third kappa shape index (κ3) is 3.58. The van der Waals surface area contributed by atoms with Gasteiger partial charge in [0.25, 0.3) is 0 Å². The SMILES string of the molecule is CN(C)c1nccc(NCC(=O)NC2CC2)n1. The predicted octanol–water partition coefficient (Wildman–Crippen LogP) is 0.233. The van der Waals surface area contributed by atoms with Crippen molar-refractivity contribution in [2.24, 2.45) is 0 Å². The van der Waals surface area contributed by atoms with Gasteiger partial charge in [-0.1, -0.05) is 0 Å². The number of hydrogen-bond donors (Lipinski definition) is 2. The van der Waals surface area contributed by atoms with Crippen LogP contribution in [0.5, 0.6) is 0 Å². The molecule has 6 nitrogen and oxygen atoms in total. The molecular formula is C11H17N5O. The molecule has 2 rings (SSSR count). The predicted molar refractivity (Wildman–Crippen MR) is 66.0 cm³/mol. The molecular weight excluding hydrogens is 218 g/mol. The Morgan fingerprint density at radius 1 is 1.53 bits per heavy atom. The van der Waals surface area contributed by atoms with Crippen molar-refractivity contribution in [2.45, 2.75) is 18.9 Å². The van der Waals surface area contributed by atoms with Crippen LogP contribution in [0.4, 0.5) is 11.8 Å². The van der Waals surface area contributed by atoms with Crippen LogP contribution in [0.1, 0.15) is 12.8 Å². The van der Waals surface area contributed by atoms with Crippen LogP contribution >= 0.6 is 0 Å². The first-order chi connectivity index (χ1) is 8.15. The summed E-state index contributed by atoms with van der Waals surface area (Å²) in [5.41, 5.74) is 0. The van der Waals surface area contributed by atoms with Crippen molar-refractivity contribution in [1.29, 1.82) is 0 Å². The molecule has 1 heterocycles. The van der Waals surface area contributed by atoms with Crippen LogP contribution in [-0.4, -0.2) is 42.6 Å². The highest BCUT2D eigenvalue weighted by atomic mass is 16.2. The molecule has 17 heavy (non-hydrogen) atoms. The number of carbonyl (C=O) groups is 1. The molecule has 0 radical (unpaired) electrons. The van der Waals surface area contributed by atoms with E-state index in [1.165, 1.54) is 0 Å². The third-order valence-electron chi connectivity index (χ3n) is 2.42. The summed E-state index contributed by atoms with van der Waals surface area (Å²) >= 11 is 0. The number of amides is 1. The zero-order valence-electron chi connectivity index (χ0n) is 10.1. The summed E-state index contributed by atoms with van der Waals surface area (Å²) in [7, 11) is 3.75. The van der Waals surface area contributed by atoms with Gasteiger partial charge in [-0.2, -0.15) is 4.98 Å². The lowest BCUT2D eigenvalue weighted by Gasteiger charge is -2.11. The molecule has 6 heteroatoms. The zero-order chi connectivity index (χ0) is 12.3. The Labute approximate surface area is 100 Å². The van der Waals surface area contributed by atoms with Crippen LogP contribution in [0.2, 0.25) is 0 Å². The van der Waals surface area contributed by atoms with Crippen LogP contribution in [0.25, 0.3) is 0 Å². The van der Waals surface area contributed by atoms with Crippen molar-refractivity contribution in [1.82, 2.24) is 15.3 Å². The van der Waals surface area contributed by atoms with Gasteiger partial charge in [-0.15, -0.1) is 0 Å². The molecule has 1 aliphatic rings. The van der Waals surface area contributed by atoms with Gasteiger partial charge >= 0.3 is 0 Å². The molecule has 0 unspecified atom stereocenters. The van der Waals surface area contributed by atoms with Gasteiger partial charge in [-0.05, 0) is 18.9 Å². The van der Waals surface area contributed by atoms with Crippen molar-refractivity contribution in [2.75, 3.05) is 30.9 Å². The lowest BCUT2D eigenvalue weighted by atomic mass is 10.5. The molecule has 92 valence electrons. The third-order valence-corrected chi connectivity index (χ3v) is 2.42. The average molecular weight is 235 g/mol. The molecule has 0 bridgehead atoms. The van der Waals surface area contributed by atoms with Crippen molar-refractivity contribution < 1.29 is 4.79 Å². The van der Waals surface area contributed by atoms with Gasteiger partial charge < -0.3 is 15.5 Å². The molecule has 0 saturated heterocycles. The topological polar surface area (TPSA) is 70.2 Å². The number of nitrogens with one attached hydrogen (secondary N) is 2. The fraction of sp³-hybridized carbons (Fsp3) is 0.545. The summed E-state index contributed by atoms with van der Waals surface area (Å²) in [4.78, 5) is 21.6. The van der Waals surface area contributed by atoms with E-state index in [2.05, 4.69) is 20.6 Å². The van der Waals surface area contributed by atoms with Crippen molar-refractivity contribution in [3.8, 4) is 0 Å². The molecule has 2 N–H and O–H groups in total. The summed E-state index contributed by atoms with van der Waals surface area (Å²) in [6, 6.07) is 2.14. The van der Waals surface area contributed by atoms with Crippen LogP contribution < -0.4 is 15.5 Å². The Morgan fingerprint density at radius 3 is 2.94 bits per heavy atom. The number of anilines is 2. The van der Waals surface area contributed by atoms with Crippen LogP contribution in [0, 0.1) is 0 Å². The lowest BCUT2D eigenvalue weighted by molar-refractivity contribution is -0.119. The largest absolute Gasteiger partial charge is 0.361 e. The normalized spacial score (nSPS) is 14.2. The van der Waals surface area contributed by atoms with Crippen LogP contribution in [-0.2, 0) is 4.79 Å². The molecule has 1 aromatic heterocycles. The molecule has 1 aliphatic carbocycles. The van der Waals surface area contributed by atoms with E-state index in [9.17, 15) is 4.79 Å². The molecule has 1 aromatic rings. The van der Waals surface area contributed by atoms with Crippen LogP contribution in [0.3, 0.4) is 0 Å². The van der Waals surface area contributed by atoms with Crippen molar-refractivity contribution >= 4 is 17.7 Å². The number of aromatic nitrogens is 2. The van der Waals surface area contributed by atoms with Crippen molar-refractivity contribution in [3.63, 3.8) is 0 Å². The number of hydrogen-bond acceptors (Lipinski definition) is 5. The summed E-state index contributed by atoms with van der Waals surface area (Å²) < 4.78 is 0. The average Bonchev–Trinajstić information content (AvgIpc) is 3.11. The van der Waals surface area contributed by atoms with Gasteiger partial charge in [0.05, 0.1) is 6.54 Å². The molecule has 1 saturated carbocycles. The Bertz CT molecular complexity index is 403. The maximum Gasteiger partial charge on any atom is 0.239 e. The second-order valence-corrected chi connectivity index (χ2v) is 4.33. The smallest absolute Gasteiger partial charge is 0.239 e. The first-order valence-electron chi connectivity index (χ1n) is 5.69. The Morgan fingerprint density at radius 2 is 2.29 bits per heavy atom. The maximum atomic E-state index is 11.5. The van der Waals surface area contributed by atoms with E-state index in [1.54, 1.807) is 12.3 Å². The molecule has 0 atom stereocenters. The Balaban J connectivity index is 1.84. The Hall–Kier alpha value is -1.85. The highest BCUT2D eigenvalue weighted by Gasteiger charge is 2.22. The Kier molecular flexibility index (Phi) is 3.41. The van der Waals surface area contributed by atoms with Gasteiger partial charge in [0.15, 0.2) is 0 Å². The maximum absolute atomic E-state index is 11.5. The minimum Gasteiger partial charge on any atom is -0.361 e. The molecule has 1 amide bonds. The van der Waals surface area contributed by atoms with E-state index >= 15 is 0 Å². The molecule has 0 aliphatic heterocycles. The number of rotatable bonds is 5. The minimum atomic E-state index is 0.0116. The standard InChI is InChI=1S/C11H17N5O/c1-16(2)11-12-6-5-9(15-11)13-7-10(17)14-8-3-4-8/h5-6,8H,3-4,7H2,1-2H3,(H,14,17)(H,12,13,15). The second-order valence-electron chi connectivity index (χ2n) is 4.33. The quantitative estimate of drug-likeness (QED) is 0.764. The van der Waals surface area contributed by atoms with E-state index in [0.29, 0.717) is 17.8 Å². The van der Waals surface area contributed by atoms with Gasteiger partial charge in [0, 0.05) is 26.3 Å². The molecule has 0 spiro atoms. The van der Waals surface area contributed by atoms with Crippen LogP contribution in [0.15, 0.2) is 12.3 Å². The van der Waals surface area contributed by atoms with E-state index in [4.69, 9.17) is 0 Å². The summed E-state index contributed by atoms with van der Waals surface area (Å²) in [5, 5.41) is 5.89. The van der Waals surface area contributed by atoms with E-state index in [-0.39, 0.29) is 12.5 Å². The van der Waals surface area contributed by atoms with Gasteiger partial charge in [-0.3, -0.25) is 4.79 Å². The van der Waals surface area contributed by atoms with Gasteiger partial charge in [-0.25, -0.2) is 4.98 Å². The molecule has 1 fully saturated rings. The van der Waals surface area contributed by atoms with Crippen molar-refractivity contribution in [3.05, 3.63) is 12.3 Å². The number of carbonyl (C=O) groups excluding carboxylic acids is 1. The lowest BCUT2D eigenvalue weighted by Crippen LogP contribution is -2.31. The highest BCUT2D eigenvalue weighted by molar-refractivity contribution is 5.80. The fourth-order valence-electron chi connectivity index (χ4n) is 1.34. The second kappa shape index (κ2) is 4.99. The molecule has 0 aromatic carbocycles. The van der Waals surface area contributed by atoms with E-state index in [1.807, 2.05) is 19.0 Å². The fourth-order valence-corrected chi connectivity index (χ4v) is 1.34. The highest BCUT2D eigenvalue weighted by Crippen LogP contribution is 2.18. The monoisotopic (exact) mass is 235 g/mol. The number of nitrogens with zero attached hydrogens (tertiary/aromatic N) is 3.